The maximum absolute atomic E-state index is 12.4. The lowest BCUT2D eigenvalue weighted by atomic mass is 9.99. The first-order chi connectivity index (χ1) is 9.92. The molecule has 21 heavy (non-hydrogen) atoms. The predicted octanol–water partition coefficient (Wildman–Crippen LogP) is 3.18. The van der Waals surface area contributed by atoms with Crippen molar-refractivity contribution >= 4 is 17.8 Å². The van der Waals surface area contributed by atoms with E-state index in [1.54, 1.807) is 19.1 Å². The van der Waals surface area contributed by atoms with Gasteiger partial charge in [-0.05, 0) is 38.5 Å². The second-order valence-corrected chi connectivity index (χ2v) is 4.75. The lowest BCUT2D eigenvalue weighted by Gasteiger charge is -2.09. The highest BCUT2D eigenvalue weighted by molar-refractivity contribution is 6.26. The van der Waals surface area contributed by atoms with Gasteiger partial charge in [0.15, 0.2) is 5.78 Å². The van der Waals surface area contributed by atoms with Gasteiger partial charge in [0, 0.05) is 5.56 Å². The number of esters is 1. The van der Waals surface area contributed by atoms with Gasteiger partial charge < -0.3 is 9.47 Å². The number of methoxy groups -OCH3 is 2. The molecular formula is C17H20O4. The first-order valence-electron chi connectivity index (χ1n) is 6.54. The van der Waals surface area contributed by atoms with Crippen LogP contribution in [-0.4, -0.2) is 26.0 Å². The van der Waals surface area contributed by atoms with Gasteiger partial charge in [-0.3, -0.25) is 4.79 Å². The van der Waals surface area contributed by atoms with E-state index in [4.69, 9.17) is 9.47 Å². The Kier molecular flexibility index (Phi) is 5.91. The molecule has 0 heterocycles. The average Bonchev–Trinajstić information content (AvgIpc) is 2.50. The quantitative estimate of drug-likeness (QED) is 0.361. The van der Waals surface area contributed by atoms with Crippen molar-refractivity contribution in [3.8, 4) is 5.75 Å². The number of ether oxygens (including phenoxy) is 2. The third kappa shape index (κ3) is 4.05. The molecule has 0 fully saturated rings. The van der Waals surface area contributed by atoms with Gasteiger partial charge in [-0.25, -0.2) is 4.79 Å². The Balaban J connectivity index is 3.39. The Hall–Kier alpha value is -2.36. The van der Waals surface area contributed by atoms with E-state index in [2.05, 4.69) is 0 Å². The van der Waals surface area contributed by atoms with Gasteiger partial charge in [-0.2, -0.15) is 0 Å². The highest BCUT2D eigenvalue weighted by atomic mass is 16.5. The zero-order valence-electron chi connectivity index (χ0n) is 13.0. The molecule has 1 rings (SSSR count). The molecular weight excluding hydrogens is 268 g/mol. The van der Waals surface area contributed by atoms with Crippen LogP contribution < -0.4 is 4.74 Å². The third-order valence-corrected chi connectivity index (χ3v) is 3.18. The molecule has 0 bridgehead atoms. The highest BCUT2D eigenvalue weighted by Crippen LogP contribution is 2.22. The molecule has 0 radical (unpaired) electrons. The van der Waals surface area contributed by atoms with Gasteiger partial charge in [0.2, 0.25) is 0 Å². The summed E-state index contributed by atoms with van der Waals surface area (Å²) in [4.78, 5) is 24.3. The molecule has 0 aromatic heterocycles. The zero-order valence-corrected chi connectivity index (χ0v) is 13.0. The molecule has 0 saturated heterocycles. The number of hydrogen-bond donors (Lipinski definition) is 0. The minimum atomic E-state index is -0.661. The fraction of sp³-hybridized carbons (Fsp3) is 0.294. The van der Waals surface area contributed by atoms with E-state index in [0.29, 0.717) is 16.9 Å². The van der Waals surface area contributed by atoms with Crippen LogP contribution >= 0.6 is 0 Å². The molecule has 1 aromatic rings. The van der Waals surface area contributed by atoms with Gasteiger partial charge in [-0.15, -0.1) is 0 Å². The van der Waals surface area contributed by atoms with Gasteiger partial charge in [0.25, 0.3) is 0 Å². The molecule has 0 saturated carbocycles. The van der Waals surface area contributed by atoms with Crippen LogP contribution in [0.3, 0.4) is 0 Å². The van der Waals surface area contributed by atoms with Crippen molar-refractivity contribution in [3.05, 3.63) is 46.5 Å². The van der Waals surface area contributed by atoms with Crippen LogP contribution in [0.15, 0.2) is 41.0 Å². The number of allylic oxidation sites excluding steroid dienone is 2. The van der Waals surface area contributed by atoms with Gasteiger partial charge in [-0.1, -0.05) is 23.8 Å². The second-order valence-electron chi connectivity index (χ2n) is 4.75. The van der Waals surface area contributed by atoms with Crippen molar-refractivity contribution in [2.75, 3.05) is 14.2 Å². The summed E-state index contributed by atoms with van der Waals surface area (Å²) in [6.07, 6.45) is 1.50. The van der Waals surface area contributed by atoms with E-state index in [0.717, 1.165) is 5.57 Å². The van der Waals surface area contributed by atoms with Crippen LogP contribution in [0.5, 0.6) is 5.75 Å². The molecule has 4 nitrogen and oxygen atoms in total. The maximum atomic E-state index is 12.4. The van der Waals surface area contributed by atoms with Crippen molar-refractivity contribution in [1.29, 1.82) is 0 Å². The molecule has 4 heteroatoms. The molecule has 0 unspecified atom stereocenters. The van der Waals surface area contributed by atoms with Crippen molar-refractivity contribution in [1.82, 2.24) is 0 Å². The average molecular weight is 288 g/mol. The number of ketones is 1. The smallest absolute Gasteiger partial charge is 0.341 e. The number of rotatable bonds is 5. The minimum Gasteiger partial charge on any atom is -0.496 e. The summed E-state index contributed by atoms with van der Waals surface area (Å²) in [5.74, 6) is -0.416. The van der Waals surface area contributed by atoms with E-state index >= 15 is 0 Å². The molecule has 0 aliphatic carbocycles. The summed E-state index contributed by atoms with van der Waals surface area (Å²) in [7, 11) is 2.79. The first-order valence-corrected chi connectivity index (χ1v) is 6.54. The molecule has 0 atom stereocenters. The number of hydrogen-bond acceptors (Lipinski definition) is 4. The largest absolute Gasteiger partial charge is 0.496 e. The van der Waals surface area contributed by atoms with Crippen LogP contribution in [-0.2, 0) is 14.3 Å². The maximum Gasteiger partial charge on any atom is 0.341 e. The van der Waals surface area contributed by atoms with Crippen molar-refractivity contribution in [3.63, 3.8) is 0 Å². The van der Waals surface area contributed by atoms with Gasteiger partial charge >= 0.3 is 5.97 Å². The fourth-order valence-electron chi connectivity index (χ4n) is 1.70. The van der Waals surface area contributed by atoms with Crippen molar-refractivity contribution in [2.45, 2.75) is 20.8 Å². The van der Waals surface area contributed by atoms with E-state index in [1.807, 2.05) is 26.0 Å². The Bertz CT molecular complexity index is 605. The number of carbonyl (C=O) groups excluding carboxylic acids is 2. The molecule has 1 aromatic carbocycles. The summed E-state index contributed by atoms with van der Waals surface area (Å²) >= 11 is 0. The number of benzene rings is 1. The second kappa shape index (κ2) is 7.43. The summed E-state index contributed by atoms with van der Waals surface area (Å²) in [5.41, 5.74) is 2.02. The Labute approximate surface area is 125 Å². The number of para-hydroxylation sites is 1. The molecule has 0 aliphatic rings. The van der Waals surface area contributed by atoms with E-state index < -0.39 is 5.97 Å². The van der Waals surface area contributed by atoms with Crippen LogP contribution in [0.1, 0.15) is 26.3 Å². The summed E-state index contributed by atoms with van der Waals surface area (Å²) in [6.45, 7) is 5.34. The minimum absolute atomic E-state index is 0.0132. The lowest BCUT2D eigenvalue weighted by molar-refractivity contribution is -0.137. The lowest BCUT2D eigenvalue weighted by Crippen LogP contribution is -2.16. The molecule has 112 valence electrons. The van der Waals surface area contributed by atoms with Crippen molar-refractivity contribution in [2.24, 2.45) is 0 Å². The highest BCUT2D eigenvalue weighted by Gasteiger charge is 2.21. The van der Waals surface area contributed by atoms with Crippen LogP contribution in [0.2, 0.25) is 0 Å². The van der Waals surface area contributed by atoms with Crippen LogP contribution in [0, 0.1) is 0 Å². The molecule has 0 aliphatic heterocycles. The van der Waals surface area contributed by atoms with E-state index in [-0.39, 0.29) is 11.4 Å². The summed E-state index contributed by atoms with van der Waals surface area (Å²) in [6, 6.07) is 7.16. The Morgan fingerprint density at radius 2 is 1.67 bits per heavy atom. The predicted molar refractivity (Wildman–Crippen MR) is 82.0 cm³/mol. The third-order valence-electron chi connectivity index (χ3n) is 3.18. The fourth-order valence-corrected chi connectivity index (χ4v) is 1.70. The first kappa shape index (κ1) is 16.7. The molecule has 0 N–H and O–H groups in total. The number of carbonyl (C=O) groups is 2. The van der Waals surface area contributed by atoms with E-state index in [1.165, 1.54) is 20.3 Å². The van der Waals surface area contributed by atoms with E-state index in [9.17, 15) is 9.59 Å². The topological polar surface area (TPSA) is 52.6 Å². The standard InChI is InChI=1S/C17H20O4/c1-11(2)12(3)16(18)14(17(19)21-5)10-13-8-6-7-9-15(13)20-4/h6-10H,1-5H3/b14-10-. The van der Waals surface area contributed by atoms with Gasteiger partial charge in [0.05, 0.1) is 14.2 Å². The van der Waals surface area contributed by atoms with Gasteiger partial charge in [0.1, 0.15) is 11.3 Å². The monoisotopic (exact) mass is 288 g/mol. The normalized spacial score (nSPS) is 10.8. The summed E-state index contributed by atoms with van der Waals surface area (Å²) in [5, 5.41) is 0. The zero-order chi connectivity index (χ0) is 16.0. The molecule has 0 amide bonds. The Morgan fingerprint density at radius 1 is 1.05 bits per heavy atom. The SMILES string of the molecule is COC(=O)/C(=C\c1ccccc1OC)C(=O)C(C)=C(C)C. The number of Topliss-reactive ketones (excluding diaryl/α,β-unsaturated/α-hetero) is 1. The van der Waals surface area contributed by atoms with Crippen LogP contribution in [0.25, 0.3) is 6.08 Å². The molecule has 0 spiro atoms. The Morgan fingerprint density at radius 3 is 2.19 bits per heavy atom. The van der Waals surface area contributed by atoms with Crippen molar-refractivity contribution < 1.29 is 19.1 Å². The summed E-state index contributed by atoms with van der Waals surface area (Å²) < 4.78 is 9.94. The van der Waals surface area contributed by atoms with Crippen LogP contribution in [0.4, 0.5) is 0 Å².